The fraction of sp³-hybridized carbons (Fsp3) is 0.769. The maximum atomic E-state index is 11.9. The van der Waals surface area contributed by atoms with Crippen molar-refractivity contribution in [3.63, 3.8) is 0 Å². The van der Waals surface area contributed by atoms with Gasteiger partial charge in [0.15, 0.2) is 0 Å². The second kappa shape index (κ2) is 8.06. The number of hydrogen-bond donors (Lipinski definition) is 2. The Bertz CT molecular complexity index is 445. The molecule has 2 N–H and O–H groups in total. The van der Waals surface area contributed by atoms with E-state index < -0.39 is 0 Å². The number of hydrogen-bond acceptors (Lipinski definition) is 7. The van der Waals surface area contributed by atoms with Crippen molar-refractivity contribution in [3.8, 4) is 0 Å². The third-order valence-electron chi connectivity index (χ3n) is 3.46. The van der Waals surface area contributed by atoms with E-state index in [4.69, 9.17) is 9.26 Å². The molecule has 1 aliphatic heterocycles. The number of carbonyl (C=O) groups excluding carboxylic acids is 1. The van der Waals surface area contributed by atoms with Gasteiger partial charge in [-0.2, -0.15) is 4.98 Å². The van der Waals surface area contributed by atoms with Crippen LogP contribution in [0.15, 0.2) is 4.52 Å². The summed E-state index contributed by atoms with van der Waals surface area (Å²) < 4.78 is 10.1. The van der Waals surface area contributed by atoms with Gasteiger partial charge in [0.25, 0.3) is 11.7 Å². The molecule has 118 valence electrons. The van der Waals surface area contributed by atoms with Crippen LogP contribution < -0.4 is 10.6 Å². The van der Waals surface area contributed by atoms with Crippen molar-refractivity contribution in [1.82, 2.24) is 25.7 Å². The van der Waals surface area contributed by atoms with Crippen molar-refractivity contribution in [3.05, 3.63) is 11.7 Å². The number of aromatic nitrogens is 2. The van der Waals surface area contributed by atoms with Crippen LogP contribution in [0.25, 0.3) is 0 Å². The van der Waals surface area contributed by atoms with Crippen molar-refractivity contribution in [1.29, 1.82) is 0 Å². The summed E-state index contributed by atoms with van der Waals surface area (Å²) >= 11 is 0. The van der Waals surface area contributed by atoms with Crippen molar-refractivity contribution in [2.24, 2.45) is 0 Å². The van der Waals surface area contributed by atoms with Crippen LogP contribution in [-0.4, -0.2) is 67.9 Å². The highest BCUT2D eigenvalue weighted by molar-refractivity contribution is 5.90. The number of amides is 1. The molecule has 1 aromatic rings. The van der Waals surface area contributed by atoms with E-state index in [2.05, 4.69) is 25.7 Å². The summed E-state index contributed by atoms with van der Waals surface area (Å²) in [6.07, 6.45) is 2.05. The number of nitrogens with zero attached hydrogens (tertiary/aromatic N) is 3. The van der Waals surface area contributed by atoms with E-state index >= 15 is 0 Å². The second-order valence-corrected chi connectivity index (χ2v) is 5.16. The van der Waals surface area contributed by atoms with E-state index in [1.54, 1.807) is 7.11 Å². The van der Waals surface area contributed by atoms with Crippen LogP contribution in [0.3, 0.4) is 0 Å². The molecule has 8 heteroatoms. The highest BCUT2D eigenvalue weighted by Gasteiger charge is 2.24. The van der Waals surface area contributed by atoms with E-state index in [0.29, 0.717) is 19.0 Å². The van der Waals surface area contributed by atoms with Crippen LogP contribution in [-0.2, 0) is 4.74 Å². The first kappa shape index (κ1) is 15.9. The molecule has 1 atom stereocenters. The number of likely N-dealkylation sites (N-methyl/N-ethyl adjacent to an activating group) is 1. The van der Waals surface area contributed by atoms with Crippen LogP contribution in [0.5, 0.6) is 0 Å². The minimum atomic E-state index is -0.303. The Morgan fingerprint density at radius 2 is 2.43 bits per heavy atom. The smallest absolute Gasteiger partial charge is 0.292 e. The average Bonchev–Trinajstić information content (AvgIpc) is 3.15. The largest absolute Gasteiger partial charge is 0.383 e. The fourth-order valence-electron chi connectivity index (χ4n) is 2.16. The second-order valence-electron chi connectivity index (χ2n) is 5.16. The number of nitrogens with one attached hydrogen (secondary N) is 2. The van der Waals surface area contributed by atoms with Crippen LogP contribution in [0.4, 0.5) is 0 Å². The third-order valence-corrected chi connectivity index (χ3v) is 3.46. The Morgan fingerprint density at radius 1 is 1.57 bits per heavy atom. The molecule has 1 saturated heterocycles. The van der Waals surface area contributed by atoms with Crippen molar-refractivity contribution in [2.75, 3.05) is 46.9 Å². The summed E-state index contributed by atoms with van der Waals surface area (Å²) in [6, 6.07) is 0.0826. The van der Waals surface area contributed by atoms with Crippen molar-refractivity contribution < 1.29 is 14.1 Å². The van der Waals surface area contributed by atoms with Gasteiger partial charge in [0.05, 0.1) is 12.6 Å². The molecule has 21 heavy (non-hydrogen) atoms. The molecule has 1 amide bonds. The van der Waals surface area contributed by atoms with E-state index in [9.17, 15) is 4.79 Å². The van der Waals surface area contributed by atoms with Crippen molar-refractivity contribution in [2.45, 2.75) is 18.9 Å². The molecule has 1 unspecified atom stereocenters. The van der Waals surface area contributed by atoms with E-state index in [1.807, 2.05) is 7.05 Å². The quantitative estimate of drug-likeness (QED) is 0.686. The Kier molecular flexibility index (Phi) is 6.09. The minimum Gasteiger partial charge on any atom is -0.383 e. The van der Waals surface area contributed by atoms with Gasteiger partial charge in [0.1, 0.15) is 0 Å². The van der Waals surface area contributed by atoms with Gasteiger partial charge in [-0.1, -0.05) is 5.16 Å². The summed E-state index contributed by atoms with van der Waals surface area (Å²) in [5, 5.41) is 9.78. The molecule has 0 radical (unpaired) electrons. The van der Waals surface area contributed by atoms with Crippen LogP contribution in [0.2, 0.25) is 0 Å². The Balaban J connectivity index is 1.73. The Morgan fingerprint density at radius 3 is 3.14 bits per heavy atom. The van der Waals surface area contributed by atoms with Gasteiger partial charge in [0.2, 0.25) is 5.89 Å². The summed E-state index contributed by atoms with van der Waals surface area (Å²) in [6.45, 7) is 3.72. The fourth-order valence-corrected chi connectivity index (χ4v) is 2.16. The topological polar surface area (TPSA) is 92.5 Å². The average molecular weight is 297 g/mol. The number of ether oxygens (including phenoxy) is 1. The lowest BCUT2D eigenvalue weighted by Gasteiger charge is -2.15. The standard InChI is InChI=1S/C13H23N5O3/c1-18(8-9-20-2)7-6-15-12(19)11-16-13(21-17-11)10-4-3-5-14-10/h10,14H,3-9H2,1-2H3,(H,15,19). The van der Waals surface area contributed by atoms with E-state index in [1.165, 1.54) is 0 Å². The first-order valence-electron chi connectivity index (χ1n) is 7.23. The van der Waals surface area contributed by atoms with Crippen LogP contribution in [0.1, 0.15) is 35.4 Å². The molecule has 1 fully saturated rings. The summed E-state index contributed by atoms with van der Waals surface area (Å²) in [7, 11) is 3.64. The predicted molar refractivity (Wildman–Crippen MR) is 76.0 cm³/mol. The minimum absolute atomic E-state index is 0.0826. The van der Waals surface area contributed by atoms with Gasteiger partial charge in [-0.05, 0) is 26.4 Å². The first-order valence-corrected chi connectivity index (χ1v) is 7.23. The summed E-state index contributed by atoms with van der Waals surface area (Å²) in [4.78, 5) is 18.1. The van der Waals surface area contributed by atoms with Gasteiger partial charge in [-0.15, -0.1) is 0 Å². The van der Waals surface area contributed by atoms with Gasteiger partial charge in [-0.25, -0.2) is 0 Å². The molecule has 0 aromatic carbocycles. The zero-order valence-electron chi connectivity index (χ0n) is 12.6. The lowest BCUT2D eigenvalue weighted by Crippen LogP contribution is -2.34. The van der Waals surface area contributed by atoms with Crippen LogP contribution >= 0.6 is 0 Å². The van der Waals surface area contributed by atoms with Gasteiger partial charge in [-0.3, -0.25) is 4.79 Å². The van der Waals surface area contributed by atoms with Crippen molar-refractivity contribution >= 4 is 5.91 Å². The molecule has 0 spiro atoms. The molecule has 1 aliphatic rings. The number of rotatable bonds is 8. The van der Waals surface area contributed by atoms with Gasteiger partial charge < -0.3 is 24.8 Å². The maximum Gasteiger partial charge on any atom is 0.292 e. The SMILES string of the molecule is COCCN(C)CCNC(=O)c1noc(C2CCCN2)n1. The molecule has 2 heterocycles. The zero-order chi connectivity index (χ0) is 15.1. The maximum absolute atomic E-state index is 11.9. The van der Waals surface area contributed by atoms with Gasteiger partial charge >= 0.3 is 0 Å². The molecular formula is C13H23N5O3. The molecule has 2 rings (SSSR count). The molecule has 0 bridgehead atoms. The number of carbonyl (C=O) groups is 1. The zero-order valence-corrected chi connectivity index (χ0v) is 12.6. The molecule has 1 aromatic heterocycles. The Labute approximate surface area is 124 Å². The third kappa shape index (κ3) is 4.76. The first-order chi connectivity index (χ1) is 10.2. The van der Waals surface area contributed by atoms with Crippen LogP contribution in [0, 0.1) is 0 Å². The normalized spacial score (nSPS) is 18.3. The summed E-state index contributed by atoms with van der Waals surface area (Å²) in [5.41, 5.74) is 0. The number of methoxy groups -OCH3 is 1. The van der Waals surface area contributed by atoms with E-state index in [0.717, 1.165) is 32.5 Å². The van der Waals surface area contributed by atoms with Gasteiger partial charge in [0, 0.05) is 26.7 Å². The summed E-state index contributed by atoms with van der Waals surface area (Å²) in [5.74, 6) is 0.288. The molecule has 8 nitrogen and oxygen atoms in total. The monoisotopic (exact) mass is 297 g/mol. The Hall–Kier alpha value is -1.51. The highest BCUT2D eigenvalue weighted by Crippen LogP contribution is 2.20. The lowest BCUT2D eigenvalue weighted by atomic mass is 10.2. The molecular weight excluding hydrogens is 274 g/mol. The predicted octanol–water partition coefficient (Wildman–Crippen LogP) is -0.198. The highest BCUT2D eigenvalue weighted by atomic mass is 16.5. The molecule has 0 saturated carbocycles. The molecule has 0 aliphatic carbocycles. The van der Waals surface area contributed by atoms with E-state index in [-0.39, 0.29) is 17.8 Å². The lowest BCUT2D eigenvalue weighted by molar-refractivity contribution is 0.0934.